The van der Waals surface area contributed by atoms with E-state index < -0.39 is 6.10 Å². The lowest BCUT2D eigenvalue weighted by Gasteiger charge is -2.18. The molecule has 0 aromatic heterocycles. The molecule has 0 saturated heterocycles. The van der Waals surface area contributed by atoms with Crippen molar-refractivity contribution in [3.63, 3.8) is 0 Å². The van der Waals surface area contributed by atoms with Gasteiger partial charge in [0.1, 0.15) is 13.2 Å². The van der Waals surface area contributed by atoms with Crippen LogP contribution in [0.2, 0.25) is 0 Å². The Hall–Kier alpha value is -3.93. The molecule has 0 aliphatic carbocycles. The summed E-state index contributed by atoms with van der Waals surface area (Å²) >= 11 is 0. The quantitative estimate of drug-likeness (QED) is 0.0261. The van der Waals surface area contributed by atoms with E-state index in [1.54, 1.807) is 0 Å². The summed E-state index contributed by atoms with van der Waals surface area (Å²) in [7, 11) is 0. The molecule has 6 heteroatoms. The van der Waals surface area contributed by atoms with Gasteiger partial charge in [-0.3, -0.25) is 14.4 Å². The van der Waals surface area contributed by atoms with E-state index in [4.69, 9.17) is 14.2 Å². The average Bonchev–Trinajstić information content (AvgIpc) is 3.37. The standard InChI is InChI=1S/C65H108O6/c1-4-7-10-13-16-19-22-25-28-31-33-35-37-40-43-46-49-52-55-58-64(67)70-61-62(60-69-63(66)57-54-51-48-45-42-39-36-30-27-24-21-18-15-12-9-6-3)71-65(68)59-56-53-50-47-44-41-38-34-32-29-26-23-20-17-14-11-8-5-2/h7,10,13,16,19,22,25,28,30-31,33,35-37,39-40,42-43,62H,4-6,8-9,11-12,14-15,17-18,20-21,23-24,26-27,29,32,34,38,41,44-61H2,1-3H3/b10-7-,16-13-,22-19-,28-25-,33-31+,36-30-,37-35-,42-39-,43-40-. The second-order valence-electron chi connectivity index (χ2n) is 19.4. The fraction of sp³-hybridized carbons (Fsp3) is 0.677. The van der Waals surface area contributed by atoms with Crippen LogP contribution in [0.1, 0.15) is 265 Å². The number of unbranched alkanes of at least 4 members (excludes halogenated alkanes) is 30. The number of rotatable bonds is 52. The van der Waals surface area contributed by atoms with Gasteiger partial charge in [-0.05, 0) is 64.2 Å². The molecule has 0 saturated carbocycles. The van der Waals surface area contributed by atoms with Crippen molar-refractivity contribution in [1.29, 1.82) is 0 Å². The smallest absolute Gasteiger partial charge is 0.306 e. The molecule has 1 atom stereocenters. The van der Waals surface area contributed by atoms with Crippen molar-refractivity contribution in [3.8, 4) is 0 Å². The largest absolute Gasteiger partial charge is 0.462 e. The van der Waals surface area contributed by atoms with E-state index in [-0.39, 0.29) is 31.1 Å². The highest BCUT2D eigenvalue weighted by Gasteiger charge is 2.19. The van der Waals surface area contributed by atoms with Crippen LogP contribution in [-0.2, 0) is 28.6 Å². The van der Waals surface area contributed by atoms with Crippen molar-refractivity contribution in [2.75, 3.05) is 13.2 Å². The minimum Gasteiger partial charge on any atom is -0.462 e. The van der Waals surface area contributed by atoms with Gasteiger partial charge in [0.2, 0.25) is 0 Å². The predicted molar refractivity (Wildman–Crippen MR) is 307 cm³/mol. The molecule has 0 aromatic rings. The number of allylic oxidation sites excluding steroid dienone is 18. The molecule has 404 valence electrons. The van der Waals surface area contributed by atoms with Gasteiger partial charge in [-0.1, -0.05) is 291 Å². The summed E-state index contributed by atoms with van der Waals surface area (Å²) in [4.78, 5) is 38.2. The number of hydrogen-bond donors (Lipinski definition) is 0. The molecule has 0 radical (unpaired) electrons. The first-order valence-electron chi connectivity index (χ1n) is 29.5. The molecule has 1 unspecified atom stereocenters. The van der Waals surface area contributed by atoms with E-state index in [0.717, 1.165) is 83.5 Å². The van der Waals surface area contributed by atoms with Crippen molar-refractivity contribution in [2.24, 2.45) is 0 Å². The lowest BCUT2D eigenvalue weighted by atomic mass is 10.0. The van der Waals surface area contributed by atoms with Crippen LogP contribution < -0.4 is 0 Å². The zero-order chi connectivity index (χ0) is 51.4. The maximum Gasteiger partial charge on any atom is 0.306 e. The van der Waals surface area contributed by atoms with Crippen LogP contribution in [0, 0.1) is 0 Å². The third-order valence-corrected chi connectivity index (χ3v) is 12.5. The van der Waals surface area contributed by atoms with E-state index in [1.807, 2.05) is 72.9 Å². The summed E-state index contributed by atoms with van der Waals surface area (Å²) in [6, 6.07) is 0. The van der Waals surface area contributed by atoms with Crippen LogP contribution in [0.5, 0.6) is 0 Å². The van der Waals surface area contributed by atoms with E-state index in [0.29, 0.717) is 19.3 Å². The summed E-state index contributed by atoms with van der Waals surface area (Å²) in [5.41, 5.74) is 0. The molecule has 0 rings (SSSR count). The number of hydrogen-bond acceptors (Lipinski definition) is 6. The summed E-state index contributed by atoms with van der Waals surface area (Å²) < 4.78 is 16.8. The Balaban J connectivity index is 4.52. The SMILES string of the molecule is CC\C=C/C=C\C=C/C=C\C=C\C=C/C=C\CCCCCC(=O)OCC(COC(=O)CCCCC/C=C\C=C/CCCCCCCCC)OC(=O)CCCCCCCCCCCCCCCCCCCC. The Morgan fingerprint density at radius 2 is 0.549 bits per heavy atom. The predicted octanol–water partition coefficient (Wildman–Crippen LogP) is 19.9. The number of ether oxygens (including phenoxy) is 3. The highest BCUT2D eigenvalue weighted by molar-refractivity contribution is 5.71. The highest BCUT2D eigenvalue weighted by atomic mass is 16.6. The molecule has 0 N–H and O–H groups in total. The first kappa shape index (κ1) is 67.1. The van der Waals surface area contributed by atoms with Crippen molar-refractivity contribution in [3.05, 3.63) is 109 Å². The van der Waals surface area contributed by atoms with Gasteiger partial charge in [0, 0.05) is 19.3 Å². The van der Waals surface area contributed by atoms with Gasteiger partial charge in [0.05, 0.1) is 0 Å². The molecule has 0 heterocycles. The second kappa shape index (κ2) is 58.6. The van der Waals surface area contributed by atoms with E-state index in [2.05, 4.69) is 57.2 Å². The maximum absolute atomic E-state index is 12.9. The lowest BCUT2D eigenvalue weighted by molar-refractivity contribution is -0.167. The van der Waals surface area contributed by atoms with E-state index >= 15 is 0 Å². The summed E-state index contributed by atoms with van der Waals surface area (Å²) in [6.45, 7) is 6.44. The minimum atomic E-state index is -0.809. The third kappa shape index (κ3) is 56.9. The topological polar surface area (TPSA) is 78.9 Å². The molecule has 0 aliphatic heterocycles. The molecule has 0 fully saturated rings. The minimum absolute atomic E-state index is 0.106. The van der Waals surface area contributed by atoms with Gasteiger partial charge in [-0.15, -0.1) is 0 Å². The fourth-order valence-corrected chi connectivity index (χ4v) is 8.06. The highest BCUT2D eigenvalue weighted by Crippen LogP contribution is 2.16. The lowest BCUT2D eigenvalue weighted by Crippen LogP contribution is -2.30. The monoisotopic (exact) mass is 985 g/mol. The molecular formula is C65H108O6. The molecule has 71 heavy (non-hydrogen) atoms. The first-order chi connectivity index (χ1) is 35.0. The zero-order valence-electron chi connectivity index (χ0n) is 46.2. The molecule has 0 spiro atoms. The molecule has 0 aromatic carbocycles. The van der Waals surface area contributed by atoms with Crippen LogP contribution in [0.25, 0.3) is 0 Å². The number of carbonyl (C=O) groups is 3. The van der Waals surface area contributed by atoms with Crippen molar-refractivity contribution >= 4 is 17.9 Å². The maximum atomic E-state index is 12.9. The van der Waals surface area contributed by atoms with Gasteiger partial charge in [0.15, 0.2) is 6.10 Å². The van der Waals surface area contributed by atoms with Crippen molar-refractivity contribution in [1.82, 2.24) is 0 Å². The Labute approximate surface area is 438 Å². The van der Waals surface area contributed by atoms with Gasteiger partial charge in [-0.25, -0.2) is 0 Å². The summed E-state index contributed by atoms with van der Waals surface area (Å²) in [5, 5.41) is 0. The Bertz CT molecular complexity index is 1460. The van der Waals surface area contributed by atoms with Crippen molar-refractivity contribution in [2.45, 2.75) is 271 Å². The van der Waals surface area contributed by atoms with Crippen LogP contribution >= 0.6 is 0 Å². The Morgan fingerprint density at radius 1 is 0.296 bits per heavy atom. The molecule has 6 nitrogen and oxygen atoms in total. The number of esters is 3. The Morgan fingerprint density at radius 3 is 0.887 bits per heavy atom. The molecule has 0 bridgehead atoms. The average molecular weight is 986 g/mol. The van der Waals surface area contributed by atoms with Gasteiger partial charge in [0.25, 0.3) is 0 Å². The van der Waals surface area contributed by atoms with E-state index in [1.165, 1.54) is 141 Å². The zero-order valence-corrected chi connectivity index (χ0v) is 46.2. The van der Waals surface area contributed by atoms with Gasteiger partial charge in [-0.2, -0.15) is 0 Å². The molecule has 0 aliphatic rings. The van der Waals surface area contributed by atoms with Crippen LogP contribution in [0.15, 0.2) is 109 Å². The van der Waals surface area contributed by atoms with Gasteiger partial charge < -0.3 is 14.2 Å². The van der Waals surface area contributed by atoms with Crippen LogP contribution in [0.4, 0.5) is 0 Å². The third-order valence-electron chi connectivity index (χ3n) is 12.5. The van der Waals surface area contributed by atoms with Crippen LogP contribution in [0.3, 0.4) is 0 Å². The fourth-order valence-electron chi connectivity index (χ4n) is 8.06. The second-order valence-corrected chi connectivity index (χ2v) is 19.4. The Kier molecular flexibility index (Phi) is 55.4. The normalized spacial score (nSPS) is 12.9. The first-order valence-corrected chi connectivity index (χ1v) is 29.5. The summed E-state index contributed by atoms with van der Waals surface area (Å²) in [6.07, 6.45) is 79.3. The van der Waals surface area contributed by atoms with Crippen molar-refractivity contribution < 1.29 is 28.6 Å². The molecule has 0 amide bonds. The van der Waals surface area contributed by atoms with Gasteiger partial charge >= 0.3 is 17.9 Å². The molecular weight excluding hydrogens is 877 g/mol. The number of carbonyl (C=O) groups excluding carboxylic acids is 3. The summed E-state index contributed by atoms with van der Waals surface area (Å²) in [5.74, 6) is -0.970. The van der Waals surface area contributed by atoms with E-state index in [9.17, 15) is 14.4 Å². The van der Waals surface area contributed by atoms with Crippen LogP contribution in [-0.4, -0.2) is 37.2 Å².